The van der Waals surface area contributed by atoms with E-state index in [-0.39, 0.29) is 5.69 Å². The third kappa shape index (κ3) is 4.22. The third-order valence-electron chi connectivity index (χ3n) is 5.35. The average molecular weight is 317 g/mol. The normalized spacial score (nSPS) is 26.8. The van der Waals surface area contributed by atoms with Crippen LogP contribution in [0.5, 0.6) is 0 Å². The second kappa shape index (κ2) is 7.30. The molecule has 2 fully saturated rings. The maximum atomic E-state index is 11.0. The van der Waals surface area contributed by atoms with Gasteiger partial charge < -0.3 is 15.3 Å². The van der Waals surface area contributed by atoms with E-state index >= 15 is 0 Å². The molecule has 0 spiro atoms. The van der Waals surface area contributed by atoms with Crippen molar-refractivity contribution in [3.8, 4) is 0 Å². The van der Waals surface area contributed by atoms with Gasteiger partial charge in [0, 0.05) is 12.1 Å². The van der Waals surface area contributed by atoms with Gasteiger partial charge in [0.25, 0.3) is 0 Å². The van der Waals surface area contributed by atoms with Crippen molar-refractivity contribution in [2.24, 2.45) is 5.92 Å². The number of rotatable bonds is 4. The minimum atomic E-state index is -0.975. The molecule has 1 aromatic heterocycles. The van der Waals surface area contributed by atoms with Crippen LogP contribution < -0.4 is 5.32 Å². The number of aromatic nitrogens is 1. The lowest BCUT2D eigenvalue weighted by molar-refractivity contribution is 0.0690. The Morgan fingerprint density at radius 2 is 1.87 bits per heavy atom. The predicted octanol–water partition coefficient (Wildman–Crippen LogP) is 3.23. The van der Waals surface area contributed by atoms with Crippen molar-refractivity contribution in [3.05, 3.63) is 23.9 Å². The Labute approximate surface area is 138 Å². The maximum absolute atomic E-state index is 11.0. The number of likely N-dealkylation sites (tertiary alicyclic amines) is 1. The Balaban J connectivity index is 1.49. The molecule has 1 saturated carbocycles. The van der Waals surface area contributed by atoms with Crippen molar-refractivity contribution < 1.29 is 9.90 Å². The van der Waals surface area contributed by atoms with Crippen LogP contribution in [0.3, 0.4) is 0 Å². The van der Waals surface area contributed by atoms with Gasteiger partial charge in [0.05, 0.1) is 0 Å². The van der Waals surface area contributed by atoms with Crippen LogP contribution in [0.15, 0.2) is 18.2 Å². The zero-order valence-corrected chi connectivity index (χ0v) is 13.9. The third-order valence-corrected chi connectivity index (χ3v) is 5.35. The number of hydrogen-bond donors (Lipinski definition) is 2. The molecule has 126 valence electrons. The summed E-state index contributed by atoms with van der Waals surface area (Å²) in [6.07, 6.45) is 7.40. The molecule has 2 heterocycles. The molecule has 2 N–H and O–H groups in total. The van der Waals surface area contributed by atoms with E-state index in [0.717, 1.165) is 24.8 Å². The van der Waals surface area contributed by atoms with Gasteiger partial charge in [-0.25, -0.2) is 9.78 Å². The molecule has 0 amide bonds. The van der Waals surface area contributed by atoms with Crippen molar-refractivity contribution in [1.29, 1.82) is 0 Å². The summed E-state index contributed by atoms with van der Waals surface area (Å²) in [6.45, 7) is 4.87. The first-order chi connectivity index (χ1) is 11.1. The van der Waals surface area contributed by atoms with Gasteiger partial charge >= 0.3 is 5.97 Å². The molecule has 0 atom stereocenters. The monoisotopic (exact) mass is 317 g/mol. The number of carbonyl (C=O) groups is 1. The molecule has 1 saturated heterocycles. The fourth-order valence-corrected chi connectivity index (χ4v) is 3.82. The number of hydrogen-bond acceptors (Lipinski definition) is 4. The van der Waals surface area contributed by atoms with Gasteiger partial charge in [-0.15, -0.1) is 0 Å². The lowest BCUT2D eigenvalue weighted by Gasteiger charge is -2.40. The molecular weight excluding hydrogens is 290 g/mol. The molecule has 23 heavy (non-hydrogen) atoms. The van der Waals surface area contributed by atoms with Crippen LogP contribution in [0.25, 0.3) is 0 Å². The highest BCUT2D eigenvalue weighted by Crippen LogP contribution is 2.28. The highest BCUT2D eigenvalue weighted by Gasteiger charge is 2.28. The largest absolute Gasteiger partial charge is 0.477 e. The van der Waals surface area contributed by atoms with Crippen molar-refractivity contribution in [3.63, 3.8) is 0 Å². The minimum Gasteiger partial charge on any atom is -0.477 e. The van der Waals surface area contributed by atoms with Gasteiger partial charge in [-0.1, -0.05) is 13.0 Å². The lowest BCUT2D eigenvalue weighted by atomic mass is 9.88. The van der Waals surface area contributed by atoms with Crippen LogP contribution in [0.1, 0.15) is 55.9 Å². The molecule has 0 unspecified atom stereocenters. The number of anilines is 1. The van der Waals surface area contributed by atoms with E-state index in [1.165, 1.54) is 44.8 Å². The number of carboxylic acid groups (broad SMARTS) is 1. The molecule has 0 radical (unpaired) electrons. The topological polar surface area (TPSA) is 65.5 Å². The Bertz CT molecular complexity index is 533. The van der Waals surface area contributed by atoms with E-state index in [2.05, 4.69) is 22.1 Å². The zero-order chi connectivity index (χ0) is 16.2. The van der Waals surface area contributed by atoms with E-state index in [9.17, 15) is 4.79 Å². The maximum Gasteiger partial charge on any atom is 0.354 e. The smallest absolute Gasteiger partial charge is 0.354 e. The summed E-state index contributed by atoms with van der Waals surface area (Å²) >= 11 is 0. The Morgan fingerprint density at radius 1 is 1.17 bits per heavy atom. The van der Waals surface area contributed by atoms with Crippen LogP contribution >= 0.6 is 0 Å². The number of carboxylic acids is 1. The van der Waals surface area contributed by atoms with Crippen molar-refractivity contribution in [2.75, 3.05) is 18.4 Å². The van der Waals surface area contributed by atoms with E-state index in [0.29, 0.717) is 11.9 Å². The molecule has 2 aliphatic rings. The summed E-state index contributed by atoms with van der Waals surface area (Å²) in [5, 5.41) is 12.4. The van der Waals surface area contributed by atoms with Crippen molar-refractivity contribution >= 4 is 11.8 Å². The number of pyridine rings is 1. The SMILES string of the molecule is CC1CCN(C2CCC(Nc3cccc(C(=O)O)n3)CC2)CC1. The fourth-order valence-electron chi connectivity index (χ4n) is 3.82. The van der Waals surface area contributed by atoms with Gasteiger partial charge in [0.15, 0.2) is 5.69 Å². The molecule has 5 heteroatoms. The molecule has 1 aliphatic heterocycles. The van der Waals surface area contributed by atoms with Crippen LogP contribution in [-0.2, 0) is 0 Å². The summed E-state index contributed by atoms with van der Waals surface area (Å²) in [5.41, 5.74) is 0.103. The Hall–Kier alpha value is -1.62. The van der Waals surface area contributed by atoms with Gasteiger partial charge in [0.1, 0.15) is 5.82 Å². The standard InChI is InChI=1S/C18H27N3O2/c1-13-9-11-21(12-10-13)15-7-5-14(6-8-15)19-17-4-2-3-16(20-17)18(22)23/h2-4,13-15H,5-12H2,1H3,(H,19,20)(H,22,23). The summed E-state index contributed by atoms with van der Waals surface area (Å²) in [7, 11) is 0. The van der Waals surface area contributed by atoms with E-state index in [1.54, 1.807) is 6.07 Å². The molecule has 0 aromatic carbocycles. The second-order valence-corrected chi connectivity index (χ2v) is 7.08. The number of aromatic carboxylic acids is 1. The van der Waals surface area contributed by atoms with E-state index < -0.39 is 5.97 Å². The first-order valence-corrected chi connectivity index (χ1v) is 8.83. The van der Waals surface area contributed by atoms with E-state index in [4.69, 9.17) is 5.11 Å². The van der Waals surface area contributed by atoms with Crippen LogP contribution in [-0.4, -0.2) is 46.1 Å². The predicted molar refractivity (Wildman–Crippen MR) is 90.8 cm³/mol. The molecule has 3 rings (SSSR count). The first kappa shape index (κ1) is 16.2. The number of nitrogens with zero attached hydrogens (tertiary/aromatic N) is 2. The van der Waals surface area contributed by atoms with Gasteiger partial charge in [-0.05, 0) is 69.7 Å². The Kier molecular flexibility index (Phi) is 5.16. The van der Waals surface area contributed by atoms with E-state index in [1.807, 2.05) is 6.07 Å². The zero-order valence-electron chi connectivity index (χ0n) is 13.9. The summed E-state index contributed by atoms with van der Waals surface area (Å²) in [4.78, 5) is 17.8. The molecule has 5 nitrogen and oxygen atoms in total. The minimum absolute atomic E-state index is 0.103. The second-order valence-electron chi connectivity index (χ2n) is 7.08. The van der Waals surface area contributed by atoms with Gasteiger partial charge in [-0.2, -0.15) is 0 Å². The Morgan fingerprint density at radius 3 is 2.52 bits per heavy atom. The van der Waals surface area contributed by atoms with Crippen molar-refractivity contribution in [1.82, 2.24) is 9.88 Å². The molecule has 1 aromatic rings. The summed E-state index contributed by atoms with van der Waals surface area (Å²) < 4.78 is 0. The van der Waals surface area contributed by atoms with Crippen LogP contribution in [0.4, 0.5) is 5.82 Å². The summed E-state index contributed by atoms with van der Waals surface area (Å²) in [5.74, 6) is 0.591. The average Bonchev–Trinajstić information content (AvgIpc) is 2.57. The molecule has 1 aliphatic carbocycles. The summed E-state index contributed by atoms with van der Waals surface area (Å²) in [6, 6.07) is 6.27. The molecular formula is C18H27N3O2. The fraction of sp³-hybridized carbons (Fsp3) is 0.667. The van der Waals surface area contributed by atoms with Crippen LogP contribution in [0, 0.1) is 5.92 Å². The van der Waals surface area contributed by atoms with Crippen LogP contribution in [0.2, 0.25) is 0 Å². The highest BCUT2D eigenvalue weighted by atomic mass is 16.4. The molecule has 0 bridgehead atoms. The quantitative estimate of drug-likeness (QED) is 0.892. The van der Waals surface area contributed by atoms with Gasteiger partial charge in [-0.3, -0.25) is 0 Å². The highest BCUT2D eigenvalue weighted by molar-refractivity contribution is 5.85. The lowest BCUT2D eigenvalue weighted by Crippen LogP contribution is -2.44. The number of piperidine rings is 1. The van der Waals surface area contributed by atoms with Crippen molar-refractivity contribution in [2.45, 2.75) is 57.5 Å². The first-order valence-electron chi connectivity index (χ1n) is 8.83. The number of nitrogens with one attached hydrogen (secondary N) is 1. The van der Waals surface area contributed by atoms with Gasteiger partial charge in [0.2, 0.25) is 0 Å².